The molecule has 1 aromatic heterocycles. The molecule has 0 amide bonds. The monoisotopic (exact) mass is 260 g/mol. The Balaban J connectivity index is 2.08. The predicted molar refractivity (Wildman–Crippen MR) is 77.1 cm³/mol. The standard InChI is InChI=1S/C15H20N2O2/c1-10(2)14(18)9-16-8-12-7-11-5-3-4-6-13(11)17-15(12)19/h3-7,10,14,16,18H,8-9H2,1-2H3,(H,17,19). The van der Waals surface area contributed by atoms with Gasteiger partial charge in [-0.25, -0.2) is 0 Å². The van der Waals surface area contributed by atoms with E-state index in [1.54, 1.807) is 0 Å². The van der Waals surface area contributed by atoms with Crippen LogP contribution >= 0.6 is 0 Å². The van der Waals surface area contributed by atoms with Gasteiger partial charge in [-0.05, 0) is 23.4 Å². The molecule has 2 aromatic rings. The molecule has 0 saturated carbocycles. The number of hydrogen-bond acceptors (Lipinski definition) is 3. The van der Waals surface area contributed by atoms with E-state index in [1.165, 1.54) is 0 Å². The van der Waals surface area contributed by atoms with Gasteiger partial charge in [-0.15, -0.1) is 0 Å². The number of H-pyrrole nitrogens is 1. The highest BCUT2D eigenvalue weighted by molar-refractivity contribution is 5.78. The Morgan fingerprint density at radius 1 is 1.32 bits per heavy atom. The number of nitrogens with one attached hydrogen (secondary N) is 2. The van der Waals surface area contributed by atoms with Crippen LogP contribution in [0, 0.1) is 5.92 Å². The van der Waals surface area contributed by atoms with E-state index < -0.39 is 0 Å². The summed E-state index contributed by atoms with van der Waals surface area (Å²) in [7, 11) is 0. The van der Waals surface area contributed by atoms with Crippen molar-refractivity contribution in [3.8, 4) is 0 Å². The maximum atomic E-state index is 11.9. The van der Waals surface area contributed by atoms with E-state index in [9.17, 15) is 9.90 Å². The topological polar surface area (TPSA) is 65.1 Å². The van der Waals surface area contributed by atoms with E-state index in [-0.39, 0.29) is 17.6 Å². The van der Waals surface area contributed by atoms with Crippen LogP contribution in [0.3, 0.4) is 0 Å². The minimum Gasteiger partial charge on any atom is -0.392 e. The number of aliphatic hydroxyl groups excluding tert-OH is 1. The molecule has 4 heteroatoms. The van der Waals surface area contributed by atoms with Crippen molar-refractivity contribution in [3.05, 3.63) is 46.2 Å². The molecule has 1 aromatic carbocycles. The van der Waals surface area contributed by atoms with Crippen molar-refractivity contribution in [2.75, 3.05) is 6.54 Å². The van der Waals surface area contributed by atoms with Crippen molar-refractivity contribution in [2.45, 2.75) is 26.5 Å². The maximum Gasteiger partial charge on any atom is 0.252 e. The number of pyridine rings is 1. The minimum absolute atomic E-state index is 0.0785. The third-order valence-corrected chi connectivity index (χ3v) is 3.27. The number of aromatic amines is 1. The average molecular weight is 260 g/mol. The van der Waals surface area contributed by atoms with Crippen LogP contribution < -0.4 is 10.9 Å². The molecule has 4 nitrogen and oxygen atoms in total. The number of aromatic nitrogens is 1. The minimum atomic E-state index is -0.389. The van der Waals surface area contributed by atoms with Gasteiger partial charge >= 0.3 is 0 Å². The Morgan fingerprint density at radius 2 is 2.05 bits per heavy atom. The molecule has 0 fully saturated rings. The van der Waals surface area contributed by atoms with Gasteiger partial charge in [0.2, 0.25) is 0 Å². The predicted octanol–water partition coefficient (Wildman–Crippen LogP) is 1.63. The van der Waals surface area contributed by atoms with Gasteiger partial charge in [0.05, 0.1) is 6.10 Å². The number of hydrogen-bond donors (Lipinski definition) is 3. The van der Waals surface area contributed by atoms with E-state index in [2.05, 4.69) is 10.3 Å². The van der Waals surface area contributed by atoms with Gasteiger partial charge in [0.25, 0.3) is 5.56 Å². The highest BCUT2D eigenvalue weighted by Crippen LogP contribution is 2.09. The summed E-state index contributed by atoms with van der Waals surface area (Å²) in [6.07, 6.45) is -0.389. The fourth-order valence-corrected chi connectivity index (χ4v) is 1.91. The van der Waals surface area contributed by atoms with E-state index in [4.69, 9.17) is 0 Å². The Kier molecular flexibility index (Phi) is 4.35. The lowest BCUT2D eigenvalue weighted by Gasteiger charge is -2.14. The molecule has 0 aliphatic carbocycles. The molecule has 2 rings (SSSR count). The lowest BCUT2D eigenvalue weighted by molar-refractivity contribution is 0.123. The highest BCUT2D eigenvalue weighted by atomic mass is 16.3. The summed E-state index contributed by atoms with van der Waals surface area (Å²) in [6.45, 7) is 4.89. The maximum absolute atomic E-state index is 11.9. The summed E-state index contributed by atoms with van der Waals surface area (Å²) in [5.41, 5.74) is 1.46. The van der Waals surface area contributed by atoms with Crippen LogP contribution in [-0.2, 0) is 6.54 Å². The van der Waals surface area contributed by atoms with Gasteiger partial charge in [0.15, 0.2) is 0 Å². The van der Waals surface area contributed by atoms with Crippen LogP contribution in [-0.4, -0.2) is 22.7 Å². The lowest BCUT2D eigenvalue weighted by atomic mass is 10.1. The zero-order valence-corrected chi connectivity index (χ0v) is 11.3. The summed E-state index contributed by atoms with van der Waals surface area (Å²) in [4.78, 5) is 14.7. The van der Waals surface area contributed by atoms with Crippen molar-refractivity contribution >= 4 is 10.9 Å². The van der Waals surface area contributed by atoms with Gasteiger partial charge < -0.3 is 15.4 Å². The second-order valence-electron chi connectivity index (χ2n) is 5.15. The molecule has 1 heterocycles. The molecular formula is C15H20N2O2. The largest absolute Gasteiger partial charge is 0.392 e. The van der Waals surface area contributed by atoms with E-state index in [1.807, 2.05) is 44.2 Å². The average Bonchev–Trinajstić information content (AvgIpc) is 2.39. The molecule has 3 N–H and O–H groups in total. The fourth-order valence-electron chi connectivity index (χ4n) is 1.91. The number of fused-ring (bicyclic) bond motifs is 1. The molecule has 0 aliphatic heterocycles. The molecule has 19 heavy (non-hydrogen) atoms. The highest BCUT2D eigenvalue weighted by Gasteiger charge is 2.09. The van der Waals surface area contributed by atoms with Crippen LogP contribution in [0.4, 0.5) is 0 Å². The first-order valence-electron chi connectivity index (χ1n) is 6.57. The molecule has 1 unspecified atom stereocenters. The molecule has 0 spiro atoms. The van der Waals surface area contributed by atoms with Gasteiger partial charge in [0, 0.05) is 24.2 Å². The Labute approximate surface area is 112 Å². The fraction of sp³-hybridized carbons (Fsp3) is 0.400. The number of rotatable bonds is 5. The first kappa shape index (κ1) is 13.8. The van der Waals surface area contributed by atoms with Crippen molar-refractivity contribution in [1.82, 2.24) is 10.3 Å². The van der Waals surface area contributed by atoms with Gasteiger partial charge in [-0.3, -0.25) is 4.79 Å². The van der Waals surface area contributed by atoms with Crippen LogP contribution in [0.25, 0.3) is 10.9 Å². The van der Waals surface area contributed by atoms with Gasteiger partial charge in [-0.2, -0.15) is 0 Å². The molecule has 0 bridgehead atoms. The van der Waals surface area contributed by atoms with Crippen molar-refractivity contribution in [1.29, 1.82) is 0 Å². The Morgan fingerprint density at radius 3 is 2.79 bits per heavy atom. The van der Waals surface area contributed by atoms with E-state index in [0.717, 1.165) is 10.9 Å². The van der Waals surface area contributed by atoms with Gasteiger partial charge in [0.1, 0.15) is 0 Å². The summed E-state index contributed by atoms with van der Waals surface area (Å²) in [5.74, 6) is 0.211. The SMILES string of the molecule is CC(C)C(O)CNCc1cc2ccccc2[nH]c1=O. The Bertz CT molecular complexity index is 604. The quantitative estimate of drug-likeness (QED) is 0.765. The van der Waals surface area contributed by atoms with Gasteiger partial charge in [-0.1, -0.05) is 32.0 Å². The summed E-state index contributed by atoms with van der Waals surface area (Å²) in [6, 6.07) is 9.59. The second-order valence-corrected chi connectivity index (χ2v) is 5.15. The molecule has 0 aliphatic rings. The van der Waals surface area contributed by atoms with Crippen LogP contribution in [0.1, 0.15) is 19.4 Å². The lowest BCUT2D eigenvalue weighted by Crippen LogP contribution is -2.31. The van der Waals surface area contributed by atoms with Crippen LogP contribution in [0.5, 0.6) is 0 Å². The third kappa shape index (κ3) is 3.43. The summed E-state index contributed by atoms with van der Waals surface area (Å²) < 4.78 is 0. The molecule has 1 atom stereocenters. The zero-order valence-electron chi connectivity index (χ0n) is 11.3. The smallest absolute Gasteiger partial charge is 0.252 e. The number of aliphatic hydroxyl groups is 1. The Hall–Kier alpha value is -1.65. The summed E-state index contributed by atoms with van der Waals surface area (Å²) in [5, 5.41) is 13.8. The zero-order chi connectivity index (χ0) is 13.8. The second kappa shape index (κ2) is 5.99. The molecule has 0 saturated heterocycles. The van der Waals surface area contributed by atoms with Crippen molar-refractivity contribution in [2.24, 2.45) is 5.92 Å². The molecule has 102 valence electrons. The van der Waals surface area contributed by atoms with E-state index in [0.29, 0.717) is 18.7 Å². The number of para-hydroxylation sites is 1. The summed E-state index contributed by atoms with van der Waals surface area (Å²) >= 11 is 0. The van der Waals surface area contributed by atoms with Crippen LogP contribution in [0.2, 0.25) is 0 Å². The normalized spacial score (nSPS) is 13.1. The first-order chi connectivity index (χ1) is 9.08. The van der Waals surface area contributed by atoms with Crippen molar-refractivity contribution in [3.63, 3.8) is 0 Å². The third-order valence-electron chi connectivity index (χ3n) is 3.27. The van der Waals surface area contributed by atoms with E-state index >= 15 is 0 Å². The first-order valence-corrected chi connectivity index (χ1v) is 6.57. The van der Waals surface area contributed by atoms with Crippen LogP contribution in [0.15, 0.2) is 35.1 Å². The number of benzene rings is 1. The molecular weight excluding hydrogens is 240 g/mol. The van der Waals surface area contributed by atoms with Crippen molar-refractivity contribution < 1.29 is 5.11 Å². The molecule has 0 radical (unpaired) electrons.